The van der Waals surface area contributed by atoms with Crippen LogP contribution in [0.4, 0.5) is 5.95 Å². The third-order valence-electron chi connectivity index (χ3n) is 5.58. The fraction of sp³-hybridized carbons (Fsp3) is 0.529. The van der Waals surface area contributed by atoms with Crippen LogP contribution in [0.5, 0.6) is 0 Å². The highest BCUT2D eigenvalue weighted by molar-refractivity contribution is 6.27. The number of furan rings is 1. The van der Waals surface area contributed by atoms with Crippen molar-refractivity contribution in [2.45, 2.75) is 30.3 Å². The first-order valence-corrected chi connectivity index (χ1v) is 8.92. The fourth-order valence-corrected chi connectivity index (χ4v) is 4.64. The Kier molecular flexibility index (Phi) is 3.17. The number of likely N-dealkylation sites (tertiary alicyclic amines) is 1. The minimum absolute atomic E-state index is 0.252. The standard InChI is InChI=1S/C17H20ClN5O/c18-17(23-8-10-2-1-5-20-12(10)9-23)4-3-13-11(6-17)15-14(24-13)7-21-16(19)22-15/h3,6-7,10,12,20H,1-2,4-5,8-9H2,(H2,19,21,22). The molecule has 3 aliphatic rings. The number of alkyl halides is 1. The lowest BCUT2D eigenvalue weighted by atomic mass is 9.94. The SMILES string of the molecule is Nc1ncc2oc3c(c2n1)=CC(Cl)(N1CC2CCCNC2C1)CC=3. The maximum absolute atomic E-state index is 7.07. The van der Waals surface area contributed by atoms with E-state index in [1.165, 1.54) is 12.8 Å². The van der Waals surface area contributed by atoms with Gasteiger partial charge < -0.3 is 15.5 Å². The van der Waals surface area contributed by atoms with Crippen molar-refractivity contribution < 1.29 is 4.42 Å². The summed E-state index contributed by atoms with van der Waals surface area (Å²) in [7, 11) is 0. The highest BCUT2D eigenvalue weighted by Gasteiger charge is 2.43. The first-order valence-electron chi connectivity index (χ1n) is 8.54. The van der Waals surface area contributed by atoms with Crippen molar-refractivity contribution in [1.29, 1.82) is 0 Å². The van der Waals surface area contributed by atoms with Gasteiger partial charge >= 0.3 is 0 Å². The number of nitrogens with two attached hydrogens (primary N) is 1. The molecule has 4 heterocycles. The Labute approximate surface area is 144 Å². The van der Waals surface area contributed by atoms with Gasteiger partial charge in [-0.1, -0.05) is 11.6 Å². The van der Waals surface area contributed by atoms with E-state index in [0.717, 1.165) is 42.2 Å². The van der Waals surface area contributed by atoms with Crippen molar-refractivity contribution in [3.05, 3.63) is 16.8 Å². The second-order valence-electron chi connectivity index (χ2n) is 7.06. The van der Waals surface area contributed by atoms with E-state index in [2.05, 4.69) is 32.3 Å². The molecule has 2 saturated heterocycles. The molecular formula is C17H20ClN5O. The number of nitrogen functional groups attached to an aromatic ring is 1. The lowest BCUT2D eigenvalue weighted by Crippen LogP contribution is -2.47. The quantitative estimate of drug-likeness (QED) is 0.575. The maximum atomic E-state index is 7.07. The van der Waals surface area contributed by atoms with Crippen LogP contribution < -0.4 is 21.7 Å². The topological polar surface area (TPSA) is 80.2 Å². The average molecular weight is 346 g/mol. The molecule has 3 unspecified atom stereocenters. The number of nitrogens with one attached hydrogen (secondary N) is 1. The van der Waals surface area contributed by atoms with Gasteiger partial charge in [-0.25, -0.2) is 9.97 Å². The van der Waals surface area contributed by atoms with Gasteiger partial charge in [-0.05, 0) is 37.5 Å². The molecule has 0 bridgehead atoms. The molecule has 2 aliphatic heterocycles. The first kappa shape index (κ1) is 14.7. The summed E-state index contributed by atoms with van der Waals surface area (Å²) in [6.07, 6.45) is 9.06. The van der Waals surface area contributed by atoms with Gasteiger partial charge in [-0.15, -0.1) is 0 Å². The third kappa shape index (κ3) is 2.17. The zero-order valence-electron chi connectivity index (χ0n) is 13.3. The zero-order valence-corrected chi connectivity index (χ0v) is 14.1. The fourth-order valence-electron chi connectivity index (χ4n) is 4.32. The highest BCUT2D eigenvalue weighted by Crippen LogP contribution is 2.36. The number of hydrogen-bond acceptors (Lipinski definition) is 6. The molecule has 0 spiro atoms. The number of halogens is 1. The van der Waals surface area contributed by atoms with E-state index in [4.69, 9.17) is 21.8 Å². The molecule has 1 aliphatic carbocycles. The number of nitrogens with zero attached hydrogens (tertiary/aromatic N) is 3. The molecular weight excluding hydrogens is 326 g/mol. The van der Waals surface area contributed by atoms with Gasteiger partial charge in [-0.2, -0.15) is 0 Å². The lowest BCUT2D eigenvalue weighted by Gasteiger charge is -2.34. The monoisotopic (exact) mass is 345 g/mol. The maximum Gasteiger partial charge on any atom is 0.220 e. The Morgan fingerprint density at radius 3 is 3.21 bits per heavy atom. The van der Waals surface area contributed by atoms with Crippen molar-refractivity contribution >= 4 is 40.8 Å². The summed E-state index contributed by atoms with van der Waals surface area (Å²) in [5.41, 5.74) is 7.96. The largest absolute Gasteiger partial charge is 0.453 e. The van der Waals surface area contributed by atoms with Crippen molar-refractivity contribution in [2.75, 3.05) is 25.4 Å². The van der Waals surface area contributed by atoms with Crippen LogP contribution in [-0.4, -0.2) is 45.5 Å². The van der Waals surface area contributed by atoms with Crippen LogP contribution in [0.2, 0.25) is 0 Å². The minimum atomic E-state index is -0.525. The predicted octanol–water partition coefficient (Wildman–Crippen LogP) is 0.389. The van der Waals surface area contributed by atoms with E-state index in [-0.39, 0.29) is 5.95 Å². The normalized spacial score (nSPS) is 32.9. The molecule has 126 valence electrons. The Balaban J connectivity index is 1.58. The van der Waals surface area contributed by atoms with E-state index in [9.17, 15) is 0 Å². The summed E-state index contributed by atoms with van der Waals surface area (Å²) in [6, 6.07) is 0.559. The molecule has 3 N–H and O–H groups in total. The minimum Gasteiger partial charge on any atom is -0.453 e. The summed E-state index contributed by atoms with van der Waals surface area (Å²) in [6.45, 7) is 3.14. The van der Waals surface area contributed by atoms with E-state index >= 15 is 0 Å². The van der Waals surface area contributed by atoms with Gasteiger partial charge in [0, 0.05) is 30.8 Å². The average Bonchev–Trinajstić information content (AvgIpc) is 3.16. The van der Waals surface area contributed by atoms with Gasteiger partial charge in [0.15, 0.2) is 5.58 Å². The summed E-state index contributed by atoms with van der Waals surface area (Å²) >= 11 is 7.07. The van der Waals surface area contributed by atoms with E-state index < -0.39 is 5.00 Å². The van der Waals surface area contributed by atoms with Crippen LogP contribution in [0.1, 0.15) is 19.3 Å². The molecule has 0 amide bonds. The molecule has 2 aromatic rings. The number of hydrogen-bond donors (Lipinski definition) is 2. The third-order valence-corrected chi connectivity index (χ3v) is 6.08. The number of anilines is 1. The Bertz CT molecular complexity index is 911. The van der Waals surface area contributed by atoms with Gasteiger partial charge in [0.25, 0.3) is 0 Å². The van der Waals surface area contributed by atoms with Gasteiger partial charge in [0.05, 0.1) is 6.20 Å². The molecule has 2 aromatic heterocycles. The van der Waals surface area contributed by atoms with Crippen LogP contribution in [0.3, 0.4) is 0 Å². The number of rotatable bonds is 1. The molecule has 0 aromatic carbocycles. The molecule has 2 fully saturated rings. The van der Waals surface area contributed by atoms with E-state index in [1.807, 2.05) is 0 Å². The summed E-state index contributed by atoms with van der Waals surface area (Å²) in [5.74, 6) is 0.949. The lowest BCUT2D eigenvalue weighted by molar-refractivity contribution is 0.251. The van der Waals surface area contributed by atoms with Crippen LogP contribution >= 0.6 is 11.6 Å². The van der Waals surface area contributed by atoms with Gasteiger partial charge in [-0.3, -0.25) is 4.90 Å². The van der Waals surface area contributed by atoms with Crippen molar-refractivity contribution in [1.82, 2.24) is 20.2 Å². The second-order valence-corrected chi connectivity index (χ2v) is 7.71. The number of piperidine rings is 1. The van der Waals surface area contributed by atoms with Gasteiger partial charge in [0.2, 0.25) is 5.95 Å². The number of fused-ring (bicyclic) bond motifs is 4. The van der Waals surface area contributed by atoms with E-state index in [1.54, 1.807) is 6.20 Å². The molecule has 0 radical (unpaired) electrons. The Hall–Kier alpha value is -1.63. The van der Waals surface area contributed by atoms with Crippen LogP contribution in [-0.2, 0) is 0 Å². The molecule has 7 heteroatoms. The van der Waals surface area contributed by atoms with Crippen molar-refractivity contribution in [3.63, 3.8) is 0 Å². The van der Waals surface area contributed by atoms with Crippen LogP contribution in [0.25, 0.3) is 23.3 Å². The summed E-state index contributed by atoms with van der Waals surface area (Å²) < 4.78 is 5.84. The first-order chi connectivity index (χ1) is 11.6. The molecule has 0 saturated carbocycles. The molecule has 5 rings (SSSR count). The van der Waals surface area contributed by atoms with Crippen molar-refractivity contribution in [2.24, 2.45) is 5.92 Å². The Morgan fingerprint density at radius 1 is 1.42 bits per heavy atom. The van der Waals surface area contributed by atoms with Gasteiger partial charge in [0.1, 0.15) is 15.9 Å². The highest BCUT2D eigenvalue weighted by atomic mass is 35.5. The van der Waals surface area contributed by atoms with Crippen LogP contribution in [0.15, 0.2) is 10.6 Å². The van der Waals surface area contributed by atoms with Crippen LogP contribution in [0, 0.1) is 5.92 Å². The van der Waals surface area contributed by atoms with Crippen molar-refractivity contribution in [3.8, 4) is 0 Å². The smallest absolute Gasteiger partial charge is 0.220 e. The zero-order chi connectivity index (χ0) is 16.3. The number of aromatic nitrogens is 2. The predicted molar refractivity (Wildman–Crippen MR) is 93.7 cm³/mol. The molecule has 6 nitrogen and oxygen atoms in total. The summed E-state index contributed by atoms with van der Waals surface area (Å²) in [4.78, 5) is 10.2. The Morgan fingerprint density at radius 2 is 2.33 bits per heavy atom. The summed E-state index contributed by atoms with van der Waals surface area (Å²) in [5, 5.41) is 4.57. The van der Waals surface area contributed by atoms with E-state index in [0.29, 0.717) is 17.5 Å². The molecule has 24 heavy (non-hydrogen) atoms. The second kappa shape index (κ2) is 5.18. The molecule has 3 atom stereocenters.